The molecule has 2 unspecified atom stereocenters. The summed E-state index contributed by atoms with van der Waals surface area (Å²) in [6.07, 6.45) is 3.20. The zero-order chi connectivity index (χ0) is 15.5. The Morgan fingerprint density at radius 2 is 1.67 bits per heavy atom. The molecular formula is C15H23F4NO. The summed E-state index contributed by atoms with van der Waals surface area (Å²) >= 11 is 0. The van der Waals surface area contributed by atoms with Crippen molar-refractivity contribution >= 4 is 0 Å². The Bertz CT molecular complexity index is 406. The van der Waals surface area contributed by atoms with Crippen molar-refractivity contribution in [3.63, 3.8) is 0 Å². The molecule has 0 aromatic heterocycles. The monoisotopic (exact) mass is 309 g/mol. The fraction of sp³-hybridized carbons (Fsp3) is 1.00. The van der Waals surface area contributed by atoms with Crippen molar-refractivity contribution in [2.45, 2.75) is 74.9 Å². The molecule has 21 heavy (non-hydrogen) atoms. The van der Waals surface area contributed by atoms with Crippen molar-refractivity contribution in [2.75, 3.05) is 6.54 Å². The van der Waals surface area contributed by atoms with Gasteiger partial charge in [-0.15, -0.1) is 0 Å². The molecule has 2 nitrogen and oxygen atoms in total. The van der Waals surface area contributed by atoms with Gasteiger partial charge in [0.2, 0.25) is 0 Å². The number of rotatable bonds is 5. The molecule has 4 rings (SSSR count). The average Bonchev–Trinajstić information content (AvgIpc) is 2.19. The summed E-state index contributed by atoms with van der Waals surface area (Å²) in [5.41, 5.74) is -1.22. The molecule has 6 heteroatoms. The lowest BCUT2D eigenvalue weighted by atomic mass is 9.51. The van der Waals surface area contributed by atoms with Gasteiger partial charge in [-0.05, 0) is 57.3 Å². The highest BCUT2D eigenvalue weighted by atomic mass is 19.3. The van der Waals surface area contributed by atoms with Gasteiger partial charge in [-0.3, -0.25) is 0 Å². The molecule has 0 saturated heterocycles. The molecule has 0 amide bonds. The van der Waals surface area contributed by atoms with Crippen LogP contribution >= 0.6 is 0 Å². The standard InChI is InChI=1S/C15H23F4NO/c1-12(16,17)7-15(18,19)9-20-13-3-10-2-11(4-13)6-14(21,5-10)8-13/h10-11,20-21H,2-9H2,1H3. The topological polar surface area (TPSA) is 32.3 Å². The second-order valence-corrected chi connectivity index (χ2v) is 7.92. The van der Waals surface area contributed by atoms with Gasteiger partial charge in [0.05, 0.1) is 18.6 Å². The van der Waals surface area contributed by atoms with Crippen LogP contribution in [0.2, 0.25) is 0 Å². The first kappa shape index (κ1) is 15.5. The Morgan fingerprint density at radius 1 is 1.10 bits per heavy atom. The maximum absolute atomic E-state index is 13.7. The number of hydrogen-bond donors (Lipinski definition) is 2. The number of aliphatic hydroxyl groups is 1. The second kappa shape index (κ2) is 4.57. The van der Waals surface area contributed by atoms with E-state index in [2.05, 4.69) is 5.32 Å². The molecule has 0 aliphatic heterocycles. The lowest BCUT2D eigenvalue weighted by Gasteiger charge is -2.60. The summed E-state index contributed by atoms with van der Waals surface area (Å²) in [6.45, 7) is -0.208. The zero-order valence-corrected chi connectivity index (χ0v) is 12.3. The molecule has 4 aliphatic rings. The molecule has 122 valence electrons. The second-order valence-electron chi connectivity index (χ2n) is 7.92. The Kier molecular flexibility index (Phi) is 3.38. The highest BCUT2D eigenvalue weighted by Gasteiger charge is 2.57. The fourth-order valence-corrected chi connectivity index (χ4v) is 5.25. The van der Waals surface area contributed by atoms with E-state index in [-0.39, 0.29) is 0 Å². The van der Waals surface area contributed by atoms with E-state index >= 15 is 0 Å². The van der Waals surface area contributed by atoms with Crippen LogP contribution in [-0.2, 0) is 0 Å². The van der Waals surface area contributed by atoms with Crippen LogP contribution in [0.25, 0.3) is 0 Å². The maximum atomic E-state index is 13.7. The normalized spacial score (nSPS) is 42.6. The molecule has 0 heterocycles. The molecule has 0 aromatic carbocycles. The lowest BCUT2D eigenvalue weighted by Crippen LogP contribution is -2.65. The van der Waals surface area contributed by atoms with Crippen LogP contribution in [0.1, 0.15) is 51.9 Å². The zero-order valence-electron chi connectivity index (χ0n) is 12.3. The van der Waals surface area contributed by atoms with Gasteiger partial charge in [0.15, 0.2) is 0 Å². The molecule has 0 spiro atoms. The summed E-state index contributed by atoms with van der Waals surface area (Å²) in [7, 11) is 0. The van der Waals surface area contributed by atoms with E-state index in [9.17, 15) is 22.7 Å². The third kappa shape index (κ3) is 3.36. The quantitative estimate of drug-likeness (QED) is 0.764. The minimum absolute atomic E-state index is 0.380. The Hall–Kier alpha value is -0.360. The minimum Gasteiger partial charge on any atom is -0.390 e. The average molecular weight is 309 g/mol. The summed E-state index contributed by atoms with van der Waals surface area (Å²) in [5, 5.41) is 13.4. The highest BCUT2D eigenvalue weighted by Crippen LogP contribution is 2.57. The molecule has 0 aromatic rings. The van der Waals surface area contributed by atoms with E-state index in [1.54, 1.807) is 0 Å². The predicted octanol–water partition coefficient (Wildman–Crippen LogP) is 3.34. The number of hydrogen-bond acceptors (Lipinski definition) is 2. The number of halogens is 4. The van der Waals surface area contributed by atoms with Gasteiger partial charge in [-0.1, -0.05) is 0 Å². The Morgan fingerprint density at radius 3 is 2.14 bits per heavy atom. The van der Waals surface area contributed by atoms with Gasteiger partial charge in [-0.2, -0.15) is 0 Å². The van der Waals surface area contributed by atoms with Gasteiger partial charge in [0, 0.05) is 5.54 Å². The number of nitrogens with one attached hydrogen (secondary N) is 1. The van der Waals surface area contributed by atoms with Crippen molar-refractivity contribution in [1.29, 1.82) is 0 Å². The molecular weight excluding hydrogens is 286 g/mol. The van der Waals surface area contributed by atoms with E-state index in [0.29, 0.717) is 25.2 Å². The fourth-order valence-electron chi connectivity index (χ4n) is 5.25. The SMILES string of the molecule is CC(F)(F)CC(F)(F)CNC12CC3CC(CC(O)(C3)C1)C2. The third-order valence-electron chi connectivity index (χ3n) is 5.32. The maximum Gasteiger partial charge on any atom is 0.266 e. The molecule has 2 atom stereocenters. The summed E-state index contributed by atoms with van der Waals surface area (Å²) in [6, 6.07) is 0. The van der Waals surface area contributed by atoms with E-state index in [1.807, 2.05) is 0 Å². The summed E-state index contributed by atoms with van der Waals surface area (Å²) in [5.74, 6) is -6.04. The summed E-state index contributed by atoms with van der Waals surface area (Å²) < 4.78 is 53.0. The van der Waals surface area contributed by atoms with Gasteiger partial charge in [0.25, 0.3) is 11.8 Å². The van der Waals surface area contributed by atoms with Gasteiger partial charge >= 0.3 is 0 Å². The number of alkyl halides is 4. The van der Waals surface area contributed by atoms with E-state index in [1.165, 1.54) is 0 Å². The molecule has 4 aliphatic carbocycles. The smallest absolute Gasteiger partial charge is 0.266 e. The van der Waals surface area contributed by atoms with Crippen LogP contribution in [0.4, 0.5) is 17.6 Å². The summed E-state index contributed by atoms with van der Waals surface area (Å²) in [4.78, 5) is 0. The van der Waals surface area contributed by atoms with Gasteiger partial charge in [0.1, 0.15) is 0 Å². The molecule has 4 saturated carbocycles. The van der Waals surface area contributed by atoms with Crippen molar-refractivity contribution in [3.05, 3.63) is 0 Å². The van der Waals surface area contributed by atoms with Crippen molar-refractivity contribution in [3.8, 4) is 0 Å². The minimum atomic E-state index is -3.43. The molecule has 4 fully saturated rings. The lowest BCUT2D eigenvalue weighted by molar-refractivity contribution is -0.152. The van der Waals surface area contributed by atoms with Crippen LogP contribution < -0.4 is 5.32 Å². The van der Waals surface area contributed by atoms with Gasteiger partial charge < -0.3 is 10.4 Å². The van der Waals surface area contributed by atoms with E-state index < -0.39 is 36.0 Å². The van der Waals surface area contributed by atoms with Crippen LogP contribution in [0.15, 0.2) is 0 Å². The highest BCUT2D eigenvalue weighted by molar-refractivity contribution is 5.12. The van der Waals surface area contributed by atoms with Crippen molar-refractivity contribution in [2.24, 2.45) is 11.8 Å². The van der Waals surface area contributed by atoms with Crippen molar-refractivity contribution in [1.82, 2.24) is 5.32 Å². The van der Waals surface area contributed by atoms with Crippen LogP contribution in [0, 0.1) is 11.8 Å². The first-order chi connectivity index (χ1) is 9.49. The van der Waals surface area contributed by atoms with Crippen LogP contribution in [0.5, 0.6) is 0 Å². The van der Waals surface area contributed by atoms with Crippen LogP contribution in [-0.4, -0.2) is 34.6 Å². The molecule has 0 radical (unpaired) electrons. The molecule has 4 bridgehead atoms. The largest absolute Gasteiger partial charge is 0.390 e. The first-order valence-corrected chi connectivity index (χ1v) is 7.71. The van der Waals surface area contributed by atoms with Crippen molar-refractivity contribution < 1.29 is 22.7 Å². The molecule has 2 N–H and O–H groups in total. The Labute approximate surface area is 122 Å². The Balaban J connectivity index is 1.65. The van der Waals surface area contributed by atoms with E-state index in [4.69, 9.17) is 0 Å². The third-order valence-corrected chi connectivity index (χ3v) is 5.32. The van der Waals surface area contributed by atoms with Gasteiger partial charge in [-0.25, -0.2) is 17.6 Å². The predicted molar refractivity (Wildman–Crippen MR) is 70.6 cm³/mol. The van der Waals surface area contributed by atoms with Crippen LogP contribution in [0.3, 0.4) is 0 Å². The first-order valence-electron chi connectivity index (χ1n) is 7.71. The van der Waals surface area contributed by atoms with E-state index in [0.717, 1.165) is 32.1 Å².